The maximum atomic E-state index is 5.68. The van der Waals surface area contributed by atoms with Gasteiger partial charge < -0.3 is 9.72 Å². The molecule has 1 aromatic rings. The van der Waals surface area contributed by atoms with Crippen molar-refractivity contribution in [3.05, 3.63) is 18.2 Å². The fraction of sp³-hybridized carbons (Fsp3) is 0.750. The second kappa shape index (κ2) is 6.01. The Morgan fingerprint density at radius 1 is 1.62 bits per heavy atom. The Morgan fingerprint density at radius 3 is 3.19 bits per heavy atom. The lowest BCUT2D eigenvalue weighted by atomic mass is 10.2. The number of H-pyrrole nitrogens is 1. The Balaban J connectivity index is 1.83. The number of hydrogen-bond donors (Lipinski definition) is 1. The molecule has 0 aromatic carbocycles. The zero-order chi connectivity index (χ0) is 11.2. The summed E-state index contributed by atoms with van der Waals surface area (Å²) in [7, 11) is 0. The maximum Gasteiger partial charge on any atom is 0.120 e. The third-order valence-corrected chi connectivity index (χ3v) is 2.95. The van der Waals surface area contributed by atoms with Gasteiger partial charge in [0.1, 0.15) is 5.82 Å². The van der Waals surface area contributed by atoms with Gasteiger partial charge in [-0.2, -0.15) is 0 Å². The van der Waals surface area contributed by atoms with Gasteiger partial charge in [0, 0.05) is 25.5 Å². The highest BCUT2D eigenvalue weighted by molar-refractivity contribution is 4.87. The van der Waals surface area contributed by atoms with Crippen LogP contribution in [-0.2, 0) is 11.3 Å². The van der Waals surface area contributed by atoms with E-state index in [1.165, 1.54) is 19.3 Å². The van der Waals surface area contributed by atoms with Gasteiger partial charge in [-0.25, -0.2) is 4.98 Å². The van der Waals surface area contributed by atoms with Crippen LogP contribution in [0.4, 0.5) is 0 Å². The van der Waals surface area contributed by atoms with Crippen molar-refractivity contribution in [2.45, 2.75) is 38.8 Å². The maximum absolute atomic E-state index is 5.68. The van der Waals surface area contributed by atoms with Crippen molar-refractivity contribution in [2.75, 3.05) is 19.7 Å². The van der Waals surface area contributed by atoms with Crippen LogP contribution in [0.3, 0.4) is 0 Å². The van der Waals surface area contributed by atoms with Crippen LogP contribution in [0.1, 0.15) is 32.0 Å². The molecule has 1 unspecified atom stereocenters. The fourth-order valence-electron chi connectivity index (χ4n) is 2.22. The minimum atomic E-state index is 0.432. The van der Waals surface area contributed by atoms with Crippen molar-refractivity contribution in [2.24, 2.45) is 0 Å². The predicted molar refractivity (Wildman–Crippen MR) is 63.1 cm³/mol. The minimum Gasteiger partial charge on any atom is -0.377 e. The molecule has 1 aromatic heterocycles. The molecule has 1 fully saturated rings. The van der Waals surface area contributed by atoms with Gasteiger partial charge in [-0.05, 0) is 25.8 Å². The lowest BCUT2D eigenvalue weighted by molar-refractivity contribution is 0.0698. The topological polar surface area (TPSA) is 41.2 Å². The number of aromatic nitrogens is 2. The van der Waals surface area contributed by atoms with Gasteiger partial charge in [0.05, 0.1) is 12.6 Å². The minimum absolute atomic E-state index is 0.432. The van der Waals surface area contributed by atoms with Crippen LogP contribution >= 0.6 is 0 Å². The highest BCUT2D eigenvalue weighted by Gasteiger charge is 2.19. The van der Waals surface area contributed by atoms with E-state index in [-0.39, 0.29) is 0 Å². The van der Waals surface area contributed by atoms with Crippen LogP contribution in [-0.4, -0.2) is 40.7 Å². The number of imidazole rings is 1. The molecule has 4 heteroatoms. The van der Waals surface area contributed by atoms with Crippen molar-refractivity contribution in [1.29, 1.82) is 0 Å². The Morgan fingerprint density at radius 2 is 2.56 bits per heavy atom. The van der Waals surface area contributed by atoms with Gasteiger partial charge in [0.25, 0.3) is 0 Å². The second-order valence-electron chi connectivity index (χ2n) is 4.41. The van der Waals surface area contributed by atoms with Crippen molar-refractivity contribution >= 4 is 0 Å². The van der Waals surface area contributed by atoms with E-state index in [1.807, 2.05) is 12.4 Å². The Bertz CT molecular complexity index is 280. The smallest absolute Gasteiger partial charge is 0.120 e. The molecule has 0 saturated carbocycles. The second-order valence-corrected chi connectivity index (χ2v) is 4.41. The van der Waals surface area contributed by atoms with E-state index in [2.05, 4.69) is 21.8 Å². The monoisotopic (exact) mass is 223 g/mol. The lowest BCUT2D eigenvalue weighted by Crippen LogP contribution is -2.32. The number of nitrogens with zero attached hydrogens (tertiary/aromatic N) is 2. The average molecular weight is 223 g/mol. The van der Waals surface area contributed by atoms with E-state index in [0.717, 1.165) is 32.1 Å². The standard InChI is InChI=1S/C12H21N3O/c1-2-7-15(9-11-4-3-8-16-11)10-12-13-5-6-14-12/h5-6,11H,2-4,7-10H2,1H3,(H,13,14). The van der Waals surface area contributed by atoms with Crippen LogP contribution in [0.15, 0.2) is 12.4 Å². The molecule has 0 radical (unpaired) electrons. The van der Waals surface area contributed by atoms with E-state index >= 15 is 0 Å². The summed E-state index contributed by atoms with van der Waals surface area (Å²) in [6, 6.07) is 0. The van der Waals surface area contributed by atoms with Crippen molar-refractivity contribution < 1.29 is 4.74 Å². The zero-order valence-electron chi connectivity index (χ0n) is 9.98. The van der Waals surface area contributed by atoms with E-state index in [1.54, 1.807) is 0 Å². The molecule has 4 nitrogen and oxygen atoms in total. The van der Waals surface area contributed by atoms with E-state index in [4.69, 9.17) is 4.74 Å². The quantitative estimate of drug-likeness (QED) is 0.799. The average Bonchev–Trinajstić information content (AvgIpc) is 2.91. The summed E-state index contributed by atoms with van der Waals surface area (Å²) in [6.45, 7) is 6.20. The van der Waals surface area contributed by atoms with E-state index in [9.17, 15) is 0 Å². The van der Waals surface area contributed by atoms with Gasteiger partial charge >= 0.3 is 0 Å². The first-order valence-corrected chi connectivity index (χ1v) is 6.20. The summed E-state index contributed by atoms with van der Waals surface area (Å²) in [5.41, 5.74) is 0. The Kier molecular flexibility index (Phi) is 4.36. The number of ether oxygens (including phenoxy) is 1. The first-order chi connectivity index (χ1) is 7.88. The molecular weight excluding hydrogens is 202 g/mol. The summed E-state index contributed by atoms with van der Waals surface area (Å²) in [5.74, 6) is 1.05. The third kappa shape index (κ3) is 3.32. The molecular formula is C12H21N3O. The summed E-state index contributed by atoms with van der Waals surface area (Å²) in [6.07, 6.45) is 7.72. The molecule has 90 valence electrons. The first-order valence-electron chi connectivity index (χ1n) is 6.20. The molecule has 16 heavy (non-hydrogen) atoms. The SMILES string of the molecule is CCCN(Cc1ncc[nH]1)CC1CCCO1. The first kappa shape index (κ1) is 11.6. The Labute approximate surface area is 97.0 Å². The lowest BCUT2D eigenvalue weighted by Gasteiger charge is -2.23. The fourth-order valence-corrected chi connectivity index (χ4v) is 2.22. The molecule has 2 rings (SSSR count). The molecule has 0 spiro atoms. The van der Waals surface area contributed by atoms with Crippen LogP contribution in [0.25, 0.3) is 0 Å². The molecule has 1 atom stereocenters. The number of nitrogens with one attached hydrogen (secondary N) is 1. The van der Waals surface area contributed by atoms with Gasteiger partial charge in [-0.15, -0.1) is 0 Å². The van der Waals surface area contributed by atoms with Crippen LogP contribution in [0.2, 0.25) is 0 Å². The van der Waals surface area contributed by atoms with E-state index < -0.39 is 0 Å². The highest BCUT2D eigenvalue weighted by atomic mass is 16.5. The van der Waals surface area contributed by atoms with E-state index in [0.29, 0.717) is 6.10 Å². The van der Waals surface area contributed by atoms with Crippen LogP contribution < -0.4 is 0 Å². The van der Waals surface area contributed by atoms with Gasteiger partial charge in [-0.1, -0.05) is 6.92 Å². The van der Waals surface area contributed by atoms with Gasteiger partial charge in [-0.3, -0.25) is 4.90 Å². The van der Waals surface area contributed by atoms with Gasteiger partial charge in [0.15, 0.2) is 0 Å². The predicted octanol–water partition coefficient (Wildman–Crippen LogP) is 1.80. The molecule has 1 aliphatic heterocycles. The molecule has 2 heterocycles. The Hall–Kier alpha value is -0.870. The molecule has 1 saturated heterocycles. The molecule has 0 amide bonds. The summed E-state index contributed by atoms with van der Waals surface area (Å²) in [5, 5.41) is 0. The van der Waals surface area contributed by atoms with Crippen molar-refractivity contribution in [3.63, 3.8) is 0 Å². The number of aromatic amines is 1. The third-order valence-electron chi connectivity index (χ3n) is 2.95. The summed E-state index contributed by atoms with van der Waals surface area (Å²) in [4.78, 5) is 9.86. The summed E-state index contributed by atoms with van der Waals surface area (Å²) >= 11 is 0. The molecule has 1 aliphatic rings. The number of hydrogen-bond acceptors (Lipinski definition) is 3. The molecule has 0 aliphatic carbocycles. The van der Waals surface area contributed by atoms with Crippen molar-refractivity contribution in [3.8, 4) is 0 Å². The number of rotatable bonds is 6. The van der Waals surface area contributed by atoms with Gasteiger partial charge in [0.2, 0.25) is 0 Å². The summed E-state index contributed by atoms with van der Waals surface area (Å²) < 4.78 is 5.68. The molecule has 1 N–H and O–H groups in total. The van der Waals surface area contributed by atoms with Crippen LogP contribution in [0, 0.1) is 0 Å². The normalized spacial score (nSPS) is 20.8. The van der Waals surface area contributed by atoms with Crippen molar-refractivity contribution in [1.82, 2.24) is 14.9 Å². The largest absolute Gasteiger partial charge is 0.377 e. The highest BCUT2D eigenvalue weighted by Crippen LogP contribution is 2.14. The zero-order valence-corrected chi connectivity index (χ0v) is 9.98. The molecule has 0 bridgehead atoms. The van der Waals surface area contributed by atoms with Crippen LogP contribution in [0.5, 0.6) is 0 Å².